The average molecular weight is 230 g/mol. The van der Waals surface area contributed by atoms with Gasteiger partial charge in [-0.2, -0.15) is 0 Å². The van der Waals surface area contributed by atoms with E-state index in [0.29, 0.717) is 13.0 Å². The maximum atomic E-state index is 11.1. The molecule has 0 bridgehead atoms. The first kappa shape index (κ1) is 14.6. The number of ether oxygens (including phenoxy) is 2. The molecule has 16 heavy (non-hydrogen) atoms. The standard InChI is InChI=1S/C11H18O5/c1-3-5-8-15-11(4-2)16-10(14)7-6-9(12)13/h6-7,11H,3-5,8H2,1-2H3,(H,12,13). The van der Waals surface area contributed by atoms with Crippen molar-refractivity contribution >= 4 is 11.9 Å². The van der Waals surface area contributed by atoms with E-state index in [-0.39, 0.29) is 0 Å². The van der Waals surface area contributed by atoms with Crippen LogP contribution in [0.3, 0.4) is 0 Å². The molecule has 5 nitrogen and oxygen atoms in total. The number of carboxylic acids is 1. The third-order valence-corrected chi connectivity index (χ3v) is 1.74. The molecule has 0 aromatic heterocycles. The fourth-order valence-corrected chi connectivity index (χ4v) is 0.902. The number of carboxylic acid groups (broad SMARTS) is 1. The molecule has 0 saturated heterocycles. The molecule has 0 aliphatic rings. The van der Waals surface area contributed by atoms with E-state index in [9.17, 15) is 9.59 Å². The van der Waals surface area contributed by atoms with Gasteiger partial charge in [0.1, 0.15) is 0 Å². The topological polar surface area (TPSA) is 72.8 Å². The lowest BCUT2D eigenvalue weighted by Crippen LogP contribution is -2.20. The minimum absolute atomic E-state index is 0.533. The Morgan fingerprint density at radius 1 is 1.31 bits per heavy atom. The van der Waals surface area contributed by atoms with Crippen LogP contribution >= 0.6 is 0 Å². The summed E-state index contributed by atoms with van der Waals surface area (Å²) in [4.78, 5) is 21.2. The minimum Gasteiger partial charge on any atom is -0.478 e. The van der Waals surface area contributed by atoms with E-state index in [1.54, 1.807) is 0 Å². The number of rotatable bonds is 8. The molecule has 0 fully saturated rings. The first-order chi connectivity index (χ1) is 7.60. The van der Waals surface area contributed by atoms with Gasteiger partial charge in [-0.25, -0.2) is 9.59 Å². The Bertz CT molecular complexity index is 247. The number of hydrogen-bond donors (Lipinski definition) is 1. The molecule has 0 aromatic carbocycles. The molecule has 0 aliphatic carbocycles. The lowest BCUT2D eigenvalue weighted by atomic mass is 10.3. The molecule has 5 heteroatoms. The quantitative estimate of drug-likeness (QED) is 0.297. The van der Waals surface area contributed by atoms with Gasteiger partial charge in [0, 0.05) is 18.6 Å². The van der Waals surface area contributed by atoms with Crippen LogP contribution in [-0.4, -0.2) is 29.9 Å². The molecule has 0 heterocycles. The maximum Gasteiger partial charge on any atom is 0.333 e. The van der Waals surface area contributed by atoms with Crippen molar-refractivity contribution in [3.05, 3.63) is 12.2 Å². The molecule has 1 N–H and O–H groups in total. The Kier molecular flexibility index (Phi) is 8.15. The maximum absolute atomic E-state index is 11.1. The summed E-state index contributed by atoms with van der Waals surface area (Å²) in [5, 5.41) is 8.30. The van der Waals surface area contributed by atoms with E-state index < -0.39 is 18.2 Å². The summed E-state index contributed by atoms with van der Waals surface area (Å²) in [5.74, 6) is -1.89. The fourth-order valence-electron chi connectivity index (χ4n) is 0.902. The molecule has 1 atom stereocenters. The Morgan fingerprint density at radius 3 is 2.50 bits per heavy atom. The summed E-state index contributed by atoms with van der Waals surface area (Å²) in [6.07, 6.45) is 3.45. The fraction of sp³-hybridized carbons (Fsp3) is 0.636. The third kappa shape index (κ3) is 7.99. The number of aliphatic carboxylic acids is 1. The van der Waals surface area contributed by atoms with Gasteiger partial charge in [0.15, 0.2) is 0 Å². The van der Waals surface area contributed by atoms with Crippen LogP contribution in [0.4, 0.5) is 0 Å². The van der Waals surface area contributed by atoms with E-state index in [1.165, 1.54) is 0 Å². The smallest absolute Gasteiger partial charge is 0.333 e. The second-order valence-corrected chi connectivity index (χ2v) is 3.17. The molecular formula is C11H18O5. The normalized spacial score (nSPS) is 12.6. The van der Waals surface area contributed by atoms with E-state index in [2.05, 4.69) is 0 Å². The van der Waals surface area contributed by atoms with Crippen molar-refractivity contribution in [3.8, 4) is 0 Å². The van der Waals surface area contributed by atoms with Crippen LogP contribution in [0.2, 0.25) is 0 Å². The number of esters is 1. The number of unbranched alkanes of at least 4 members (excludes halogenated alkanes) is 1. The van der Waals surface area contributed by atoms with Gasteiger partial charge in [0.25, 0.3) is 0 Å². The summed E-state index contributed by atoms with van der Waals surface area (Å²) in [5.41, 5.74) is 0. The largest absolute Gasteiger partial charge is 0.478 e. The van der Waals surface area contributed by atoms with Crippen molar-refractivity contribution in [1.29, 1.82) is 0 Å². The van der Waals surface area contributed by atoms with Gasteiger partial charge in [-0.15, -0.1) is 0 Å². The summed E-state index contributed by atoms with van der Waals surface area (Å²) in [6, 6.07) is 0. The Morgan fingerprint density at radius 2 is 2.00 bits per heavy atom. The van der Waals surface area contributed by atoms with E-state index in [0.717, 1.165) is 25.0 Å². The lowest BCUT2D eigenvalue weighted by molar-refractivity contribution is -0.173. The molecule has 0 rings (SSSR count). The van der Waals surface area contributed by atoms with Crippen molar-refractivity contribution in [1.82, 2.24) is 0 Å². The lowest BCUT2D eigenvalue weighted by Gasteiger charge is -2.15. The summed E-state index contributed by atoms with van der Waals surface area (Å²) >= 11 is 0. The van der Waals surface area contributed by atoms with Gasteiger partial charge in [-0.1, -0.05) is 20.3 Å². The molecule has 1 unspecified atom stereocenters. The number of hydrogen-bond acceptors (Lipinski definition) is 4. The Balaban J connectivity index is 3.92. The number of carbonyl (C=O) groups excluding carboxylic acids is 1. The molecular weight excluding hydrogens is 212 g/mol. The Labute approximate surface area is 95.0 Å². The van der Waals surface area contributed by atoms with Crippen LogP contribution in [-0.2, 0) is 19.1 Å². The highest BCUT2D eigenvalue weighted by atomic mass is 16.7. The molecule has 0 spiro atoms. The van der Waals surface area contributed by atoms with Crippen LogP contribution in [0.25, 0.3) is 0 Å². The highest BCUT2D eigenvalue weighted by Gasteiger charge is 2.10. The van der Waals surface area contributed by atoms with Gasteiger partial charge in [-0.05, 0) is 6.42 Å². The van der Waals surface area contributed by atoms with Crippen molar-refractivity contribution in [2.45, 2.75) is 39.4 Å². The van der Waals surface area contributed by atoms with Crippen LogP contribution in [0.1, 0.15) is 33.1 Å². The number of carbonyl (C=O) groups is 2. The molecule has 92 valence electrons. The van der Waals surface area contributed by atoms with Gasteiger partial charge in [0.2, 0.25) is 6.29 Å². The van der Waals surface area contributed by atoms with Gasteiger partial charge >= 0.3 is 11.9 Å². The zero-order chi connectivity index (χ0) is 12.4. The van der Waals surface area contributed by atoms with E-state index >= 15 is 0 Å². The second-order valence-electron chi connectivity index (χ2n) is 3.17. The Hall–Kier alpha value is -1.36. The predicted octanol–water partition coefficient (Wildman–Crippen LogP) is 1.72. The zero-order valence-corrected chi connectivity index (χ0v) is 9.64. The zero-order valence-electron chi connectivity index (χ0n) is 9.64. The van der Waals surface area contributed by atoms with E-state index in [4.69, 9.17) is 14.6 Å². The van der Waals surface area contributed by atoms with Gasteiger partial charge in [0.05, 0.1) is 6.61 Å². The van der Waals surface area contributed by atoms with Crippen molar-refractivity contribution in [2.75, 3.05) is 6.61 Å². The molecule has 0 aliphatic heterocycles. The van der Waals surface area contributed by atoms with Crippen molar-refractivity contribution < 1.29 is 24.2 Å². The monoisotopic (exact) mass is 230 g/mol. The van der Waals surface area contributed by atoms with Crippen LogP contribution in [0.15, 0.2) is 12.2 Å². The summed E-state index contributed by atoms with van der Waals surface area (Å²) in [6.45, 7) is 4.39. The summed E-state index contributed by atoms with van der Waals surface area (Å²) < 4.78 is 10.2. The van der Waals surface area contributed by atoms with Gasteiger partial charge in [-0.3, -0.25) is 0 Å². The van der Waals surface area contributed by atoms with Crippen LogP contribution < -0.4 is 0 Å². The summed E-state index contributed by atoms with van der Waals surface area (Å²) in [7, 11) is 0. The average Bonchev–Trinajstić information content (AvgIpc) is 2.25. The van der Waals surface area contributed by atoms with Crippen molar-refractivity contribution in [2.24, 2.45) is 0 Å². The van der Waals surface area contributed by atoms with Crippen LogP contribution in [0, 0.1) is 0 Å². The molecule has 0 aromatic rings. The predicted molar refractivity (Wildman–Crippen MR) is 57.8 cm³/mol. The molecule has 0 radical (unpaired) electrons. The van der Waals surface area contributed by atoms with Crippen LogP contribution in [0.5, 0.6) is 0 Å². The second kappa shape index (κ2) is 8.91. The third-order valence-electron chi connectivity index (χ3n) is 1.74. The van der Waals surface area contributed by atoms with E-state index in [1.807, 2.05) is 13.8 Å². The molecule has 0 amide bonds. The first-order valence-electron chi connectivity index (χ1n) is 5.33. The SMILES string of the molecule is CCCCOC(CC)OC(=O)C=CC(=O)O. The van der Waals surface area contributed by atoms with Gasteiger partial charge < -0.3 is 14.6 Å². The van der Waals surface area contributed by atoms with Crippen molar-refractivity contribution in [3.63, 3.8) is 0 Å². The molecule has 0 saturated carbocycles. The highest BCUT2D eigenvalue weighted by molar-refractivity contribution is 5.90. The first-order valence-corrected chi connectivity index (χ1v) is 5.33. The highest BCUT2D eigenvalue weighted by Crippen LogP contribution is 2.03. The minimum atomic E-state index is -1.18.